The molecule has 3 rings (SSSR count). The fraction of sp³-hybridized carbons (Fsp3) is 0.333. The van der Waals surface area contributed by atoms with Gasteiger partial charge < -0.3 is 4.74 Å². The van der Waals surface area contributed by atoms with Gasteiger partial charge in [-0.2, -0.15) is 0 Å². The summed E-state index contributed by atoms with van der Waals surface area (Å²) in [6.07, 6.45) is 0.724. The van der Waals surface area contributed by atoms with E-state index >= 15 is 0 Å². The van der Waals surface area contributed by atoms with Crippen LogP contribution in [-0.4, -0.2) is 6.61 Å². The molecule has 0 amide bonds. The van der Waals surface area contributed by atoms with E-state index in [9.17, 15) is 0 Å². The maximum atomic E-state index is 6.61. The molecule has 0 aliphatic carbocycles. The molecule has 0 bridgehead atoms. The van der Waals surface area contributed by atoms with E-state index in [2.05, 4.69) is 26.0 Å². The van der Waals surface area contributed by atoms with Gasteiger partial charge in [0.2, 0.25) is 0 Å². The molecule has 1 heterocycles. The third kappa shape index (κ3) is 2.90. The number of hydrogen-bond acceptors (Lipinski definition) is 1. The van der Waals surface area contributed by atoms with Crippen LogP contribution in [0, 0.1) is 0 Å². The van der Waals surface area contributed by atoms with Crippen LogP contribution < -0.4 is 4.74 Å². The Morgan fingerprint density at radius 3 is 2.71 bits per heavy atom. The van der Waals surface area contributed by atoms with Crippen LogP contribution in [0.3, 0.4) is 0 Å². The molecule has 1 aliphatic rings. The predicted molar refractivity (Wildman–Crippen MR) is 88.7 cm³/mol. The van der Waals surface area contributed by atoms with E-state index in [0.717, 1.165) is 34.9 Å². The van der Waals surface area contributed by atoms with Gasteiger partial charge in [-0.15, -0.1) is 11.6 Å². The van der Waals surface area contributed by atoms with Crippen molar-refractivity contribution in [2.24, 2.45) is 0 Å². The lowest BCUT2D eigenvalue weighted by Gasteiger charge is -2.17. The van der Waals surface area contributed by atoms with Crippen LogP contribution in [0.2, 0.25) is 5.02 Å². The van der Waals surface area contributed by atoms with Gasteiger partial charge in [-0.05, 0) is 35.7 Å². The van der Waals surface area contributed by atoms with Gasteiger partial charge in [-0.1, -0.05) is 49.7 Å². The highest BCUT2D eigenvalue weighted by Gasteiger charge is 2.32. The Bertz CT molecular complexity index is 664. The number of fused-ring (bicyclic) bond motifs is 1. The Balaban J connectivity index is 1.86. The van der Waals surface area contributed by atoms with Gasteiger partial charge in [-0.3, -0.25) is 0 Å². The summed E-state index contributed by atoms with van der Waals surface area (Å²) in [7, 11) is 0. The average molecular weight is 321 g/mol. The molecule has 1 atom stereocenters. The van der Waals surface area contributed by atoms with Gasteiger partial charge in [0, 0.05) is 16.0 Å². The molecule has 0 saturated heterocycles. The van der Waals surface area contributed by atoms with Crippen molar-refractivity contribution in [1.29, 1.82) is 0 Å². The number of halogens is 2. The number of alkyl halides is 1. The second-order valence-corrected chi connectivity index (χ2v) is 7.13. The Morgan fingerprint density at radius 1 is 1.19 bits per heavy atom. The van der Waals surface area contributed by atoms with Crippen LogP contribution in [0.25, 0.3) is 0 Å². The van der Waals surface area contributed by atoms with E-state index in [1.165, 1.54) is 5.56 Å². The molecular formula is C18H18Cl2O. The van der Waals surface area contributed by atoms with Crippen LogP contribution in [0.4, 0.5) is 0 Å². The molecule has 2 aromatic carbocycles. The minimum Gasteiger partial charge on any atom is -0.492 e. The molecule has 0 aromatic heterocycles. The zero-order valence-electron chi connectivity index (χ0n) is 12.2. The second kappa shape index (κ2) is 5.55. The number of ether oxygens (including phenoxy) is 1. The van der Waals surface area contributed by atoms with Crippen LogP contribution in [-0.2, 0) is 11.8 Å². The molecule has 1 nitrogen and oxygen atoms in total. The second-order valence-electron chi connectivity index (χ2n) is 6.19. The molecule has 0 fully saturated rings. The van der Waals surface area contributed by atoms with E-state index < -0.39 is 0 Å². The summed E-state index contributed by atoms with van der Waals surface area (Å²) in [5, 5.41) is 0.680. The Kier molecular flexibility index (Phi) is 3.90. The van der Waals surface area contributed by atoms with Crippen LogP contribution in [0.5, 0.6) is 5.75 Å². The maximum Gasteiger partial charge on any atom is 0.123 e. The average Bonchev–Trinajstić information content (AvgIpc) is 2.77. The van der Waals surface area contributed by atoms with Gasteiger partial charge in [0.25, 0.3) is 0 Å². The van der Waals surface area contributed by atoms with Crippen LogP contribution in [0.15, 0.2) is 42.5 Å². The number of hydrogen-bond donors (Lipinski definition) is 0. The smallest absolute Gasteiger partial charge is 0.123 e. The van der Waals surface area contributed by atoms with E-state index in [1.54, 1.807) is 0 Å². The zero-order valence-corrected chi connectivity index (χ0v) is 13.7. The maximum absolute atomic E-state index is 6.61. The summed E-state index contributed by atoms with van der Waals surface area (Å²) in [4.78, 5) is 0. The van der Waals surface area contributed by atoms with Gasteiger partial charge in [0.15, 0.2) is 0 Å². The highest BCUT2D eigenvalue weighted by Crippen LogP contribution is 2.40. The molecule has 21 heavy (non-hydrogen) atoms. The first-order chi connectivity index (χ1) is 9.97. The first kappa shape index (κ1) is 14.7. The lowest BCUT2D eigenvalue weighted by molar-refractivity contribution is 0.291. The van der Waals surface area contributed by atoms with Gasteiger partial charge in [-0.25, -0.2) is 0 Å². The molecule has 110 valence electrons. The molecule has 0 saturated carbocycles. The summed E-state index contributed by atoms with van der Waals surface area (Å²) >= 11 is 12.8. The first-order valence-corrected chi connectivity index (χ1v) is 7.93. The largest absolute Gasteiger partial charge is 0.492 e. The predicted octanol–water partition coefficient (Wildman–Crippen LogP) is 5.53. The van der Waals surface area contributed by atoms with E-state index in [0.29, 0.717) is 0 Å². The molecular weight excluding hydrogens is 303 g/mol. The Morgan fingerprint density at radius 2 is 1.95 bits per heavy atom. The monoisotopic (exact) mass is 320 g/mol. The van der Waals surface area contributed by atoms with Gasteiger partial charge >= 0.3 is 0 Å². The standard InChI is InChI=1S/C18H18Cl2O/c1-18(2)11-21-17-8-7-13(9-14(17)18)16(20)10-12-5-3-4-6-15(12)19/h3-9,16H,10-11H2,1-2H3. The fourth-order valence-electron chi connectivity index (χ4n) is 2.71. The summed E-state index contributed by atoms with van der Waals surface area (Å²) < 4.78 is 5.72. The van der Waals surface area contributed by atoms with Crippen molar-refractivity contribution in [3.8, 4) is 5.75 Å². The van der Waals surface area contributed by atoms with Crippen molar-refractivity contribution in [3.05, 3.63) is 64.2 Å². The zero-order chi connectivity index (χ0) is 15.0. The molecule has 0 N–H and O–H groups in total. The minimum atomic E-state index is -0.0911. The van der Waals surface area contributed by atoms with E-state index in [1.807, 2.05) is 30.3 Å². The van der Waals surface area contributed by atoms with Crippen molar-refractivity contribution in [2.45, 2.75) is 31.1 Å². The lowest BCUT2D eigenvalue weighted by atomic mass is 9.85. The van der Waals surface area contributed by atoms with Crippen molar-refractivity contribution >= 4 is 23.2 Å². The molecule has 2 aromatic rings. The van der Waals surface area contributed by atoms with Crippen molar-refractivity contribution < 1.29 is 4.74 Å². The van der Waals surface area contributed by atoms with Gasteiger partial charge in [0.05, 0.1) is 12.0 Å². The molecule has 1 unspecified atom stereocenters. The van der Waals surface area contributed by atoms with E-state index in [-0.39, 0.29) is 10.8 Å². The molecule has 0 radical (unpaired) electrons. The molecule has 1 aliphatic heterocycles. The number of rotatable bonds is 3. The molecule has 3 heteroatoms. The fourth-order valence-corrected chi connectivity index (χ4v) is 3.22. The highest BCUT2D eigenvalue weighted by atomic mass is 35.5. The summed E-state index contributed by atoms with van der Waals surface area (Å²) in [5.41, 5.74) is 3.49. The normalized spacial score (nSPS) is 17.1. The summed E-state index contributed by atoms with van der Waals surface area (Å²) in [5.74, 6) is 0.977. The number of benzene rings is 2. The van der Waals surface area contributed by atoms with Crippen molar-refractivity contribution in [1.82, 2.24) is 0 Å². The highest BCUT2D eigenvalue weighted by molar-refractivity contribution is 6.31. The summed E-state index contributed by atoms with van der Waals surface area (Å²) in [6.45, 7) is 5.11. The Hall–Kier alpha value is -1.18. The topological polar surface area (TPSA) is 9.23 Å². The van der Waals surface area contributed by atoms with Crippen LogP contribution in [0.1, 0.15) is 35.9 Å². The minimum absolute atomic E-state index is 0.0480. The Labute approximate surface area is 135 Å². The van der Waals surface area contributed by atoms with Crippen molar-refractivity contribution in [3.63, 3.8) is 0 Å². The third-order valence-electron chi connectivity index (χ3n) is 4.04. The molecule has 0 spiro atoms. The lowest BCUT2D eigenvalue weighted by Crippen LogP contribution is -2.18. The van der Waals surface area contributed by atoms with Gasteiger partial charge in [0.1, 0.15) is 5.75 Å². The first-order valence-electron chi connectivity index (χ1n) is 7.12. The van der Waals surface area contributed by atoms with E-state index in [4.69, 9.17) is 27.9 Å². The van der Waals surface area contributed by atoms with Crippen LogP contribution >= 0.6 is 23.2 Å². The quantitative estimate of drug-likeness (QED) is 0.675. The third-order valence-corrected chi connectivity index (χ3v) is 4.81. The van der Waals surface area contributed by atoms with Crippen molar-refractivity contribution in [2.75, 3.05) is 6.61 Å². The summed E-state index contributed by atoms with van der Waals surface area (Å²) in [6, 6.07) is 14.1. The SMILES string of the molecule is CC1(C)COc2ccc(C(Cl)Cc3ccccc3Cl)cc21.